The van der Waals surface area contributed by atoms with Crippen molar-refractivity contribution in [3.8, 4) is 0 Å². The molecule has 3 rings (SSSR count). The van der Waals surface area contributed by atoms with E-state index < -0.39 is 0 Å². The van der Waals surface area contributed by atoms with Gasteiger partial charge in [0.2, 0.25) is 0 Å². The minimum Gasteiger partial charge on any atom is -0.371 e. The standard InChI is InChI=1S/C12H13N5S/c1-13-12-9(15-18-16-12)7-11-14-8-5-3-4-6-10(8)17(11)2/h3-6H,7H2,1-2H3,(H,13,16). The van der Waals surface area contributed by atoms with Gasteiger partial charge in [-0.15, -0.1) is 0 Å². The quantitative estimate of drug-likeness (QED) is 0.782. The Morgan fingerprint density at radius 3 is 2.89 bits per heavy atom. The minimum absolute atomic E-state index is 0.692. The average molecular weight is 259 g/mol. The number of nitrogens with zero attached hydrogens (tertiary/aromatic N) is 4. The lowest BCUT2D eigenvalue weighted by molar-refractivity contribution is 0.837. The summed E-state index contributed by atoms with van der Waals surface area (Å²) < 4.78 is 10.6. The first-order chi connectivity index (χ1) is 8.79. The summed E-state index contributed by atoms with van der Waals surface area (Å²) >= 11 is 1.22. The number of para-hydroxylation sites is 2. The Labute approximate surface area is 109 Å². The van der Waals surface area contributed by atoms with E-state index in [1.165, 1.54) is 11.7 Å². The van der Waals surface area contributed by atoms with Crippen LogP contribution in [-0.2, 0) is 13.5 Å². The number of fused-ring (bicyclic) bond motifs is 1. The van der Waals surface area contributed by atoms with Crippen LogP contribution < -0.4 is 5.32 Å². The highest BCUT2D eigenvalue weighted by atomic mass is 32.1. The van der Waals surface area contributed by atoms with Gasteiger partial charge in [0.1, 0.15) is 11.5 Å². The maximum Gasteiger partial charge on any atom is 0.163 e. The minimum atomic E-state index is 0.692. The van der Waals surface area contributed by atoms with Crippen LogP contribution in [0.2, 0.25) is 0 Å². The largest absolute Gasteiger partial charge is 0.371 e. The molecule has 5 nitrogen and oxygen atoms in total. The lowest BCUT2D eigenvalue weighted by atomic mass is 10.3. The zero-order valence-electron chi connectivity index (χ0n) is 10.2. The first-order valence-corrected chi connectivity index (χ1v) is 6.42. The van der Waals surface area contributed by atoms with Crippen LogP contribution in [0.3, 0.4) is 0 Å². The van der Waals surface area contributed by atoms with Gasteiger partial charge in [0, 0.05) is 14.1 Å². The summed E-state index contributed by atoms with van der Waals surface area (Å²) in [6, 6.07) is 8.13. The number of hydrogen-bond acceptors (Lipinski definition) is 5. The number of aromatic nitrogens is 4. The van der Waals surface area contributed by atoms with Crippen LogP contribution in [0.5, 0.6) is 0 Å². The highest BCUT2D eigenvalue weighted by Gasteiger charge is 2.12. The lowest BCUT2D eigenvalue weighted by Gasteiger charge is -2.01. The van der Waals surface area contributed by atoms with Crippen molar-refractivity contribution in [3.63, 3.8) is 0 Å². The van der Waals surface area contributed by atoms with Crippen LogP contribution in [0.15, 0.2) is 24.3 Å². The molecule has 18 heavy (non-hydrogen) atoms. The maximum atomic E-state index is 4.63. The molecule has 2 aromatic heterocycles. The third-order valence-corrected chi connectivity index (χ3v) is 3.56. The average Bonchev–Trinajstić information content (AvgIpc) is 2.96. The monoisotopic (exact) mass is 259 g/mol. The Hall–Kier alpha value is -1.95. The summed E-state index contributed by atoms with van der Waals surface area (Å²) in [5.41, 5.74) is 3.10. The number of hydrogen-bond donors (Lipinski definition) is 1. The van der Waals surface area contributed by atoms with E-state index in [-0.39, 0.29) is 0 Å². The Balaban J connectivity index is 2.02. The van der Waals surface area contributed by atoms with Crippen molar-refractivity contribution < 1.29 is 0 Å². The van der Waals surface area contributed by atoms with E-state index in [1.54, 1.807) is 0 Å². The number of rotatable bonds is 3. The first kappa shape index (κ1) is 11.2. The summed E-state index contributed by atoms with van der Waals surface area (Å²) in [6.07, 6.45) is 0.692. The van der Waals surface area contributed by atoms with Gasteiger partial charge in [-0.05, 0) is 12.1 Å². The molecule has 1 N–H and O–H groups in total. The van der Waals surface area contributed by atoms with E-state index in [9.17, 15) is 0 Å². The molecule has 0 saturated carbocycles. The molecule has 0 bridgehead atoms. The molecule has 0 fully saturated rings. The van der Waals surface area contributed by atoms with Crippen molar-refractivity contribution in [1.29, 1.82) is 0 Å². The summed E-state index contributed by atoms with van der Waals surface area (Å²) in [7, 11) is 3.89. The Morgan fingerprint density at radius 1 is 1.28 bits per heavy atom. The number of anilines is 1. The van der Waals surface area contributed by atoms with Gasteiger partial charge in [0.05, 0.1) is 29.2 Å². The number of nitrogens with one attached hydrogen (secondary N) is 1. The third-order valence-electron chi connectivity index (χ3n) is 3.00. The van der Waals surface area contributed by atoms with E-state index in [0.717, 1.165) is 28.4 Å². The molecule has 0 saturated heterocycles. The maximum absolute atomic E-state index is 4.63. The summed E-state index contributed by atoms with van der Waals surface area (Å²) in [5.74, 6) is 1.84. The van der Waals surface area contributed by atoms with Crippen molar-refractivity contribution in [2.45, 2.75) is 6.42 Å². The van der Waals surface area contributed by atoms with Gasteiger partial charge >= 0.3 is 0 Å². The smallest absolute Gasteiger partial charge is 0.163 e. The highest BCUT2D eigenvalue weighted by Crippen LogP contribution is 2.19. The molecule has 0 unspecified atom stereocenters. The molecule has 92 valence electrons. The molecular formula is C12H13N5S. The van der Waals surface area contributed by atoms with Gasteiger partial charge < -0.3 is 9.88 Å². The Bertz CT molecular complexity index is 685. The van der Waals surface area contributed by atoms with Gasteiger partial charge in [-0.3, -0.25) is 0 Å². The van der Waals surface area contributed by atoms with Crippen molar-refractivity contribution in [1.82, 2.24) is 18.3 Å². The molecule has 2 heterocycles. The van der Waals surface area contributed by atoms with Crippen molar-refractivity contribution >= 4 is 28.6 Å². The topological polar surface area (TPSA) is 55.6 Å². The molecule has 0 aliphatic rings. The van der Waals surface area contributed by atoms with E-state index in [4.69, 9.17) is 0 Å². The van der Waals surface area contributed by atoms with E-state index in [0.29, 0.717) is 6.42 Å². The molecule has 0 spiro atoms. The van der Waals surface area contributed by atoms with Gasteiger partial charge in [-0.2, -0.15) is 8.75 Å². The first-order valence-electron chi connectivity index (χ1n) is 5.69. The van der Waals surface area contributed by atoms with Gasteiger partial charge in [-0.25, -0.2) is 4.98 Å². The number of benzene rings is 1. The van der Waals surface area contributed by atoms with Crippen LogP contribution in [0.25, 0.3) is 11.0 Å². The van der Waals surface area contributed by atoms with Crippen LogP contribution in [0, 0.1) is 0 Å². The van der Waals surface area contributed by atoms with Crippen LogP contribution >= 0.6 is 11.7 Å². The fraction of sp³-hybridized carbons (Fsp3) is 0.250. The summed E-state index contributed by atoms with van der Waals surface area (Å²) in [6.45, 7) is 0. The zero-order valence-corrected chi connectivity index (χ0v) is 11.0. The number of aryl methyl sites for hydroxylation is 1. The predicted octanol–water partition coefficient (Wildman–Crippen LogP) is 2.06. The second kappa shape index (κ2) is 4.38. The molecule has 0 aliphatic carbocycles. The fourth-order valence-corrected chi connectivity index (χ4v) is 2.58. The van der Waals surface area contributed by atoms with E-state index in [2.05, 4.69) is 29.7 Å². The van der Waals surface area contributed by atoms with Crippen molar-refractivity contribution in [2.24, 2.45) is 7.05 Å². The molecule has 0 atom stereocenters. The Kier molecular flexibility index (Phi) is 2.71. The SMILES string of the molecule is CNc1nsnc1Cc1nc2ccccc2n1C. The molecule has 1 aromatic carbocycles. The summed E-state index contributed by atoms with van der Waals surface area (Å²) in [5, 5.41) is 3.05. The molecule has 6 heteroatoms. The fourth-order valence-electron chi connectivity index (χ4n) is 2.02. The molecular weight excluding hydrogens is 246 g/mol. The third kappa shape index (κ3) is 1.74. The Morgan fingerprint density at radius 2 is 2.11 bits per heavy atom. The molecule has 3 aromatic rings. The molecule has 0 amide bonds. The van der Waals surface area contributed by atoms with E-state index in [1.807, 2.05) is 32.3 Å². The lowest BCUT2D eigenvalue weighted by Crippen LogP contribution is -2.02. The highest BCUT2D eigenvalue weighted by molar-refractivity contribution is 6.99. The van der Waals surface area contributed by atoms with Gasteiger partial charge in [0.15, 0.2) is 5.82 Å². The predicted molar refractivity (Wildman–Crippen MR) is 73.0 cm³/mol. The summed E-state index contributed by atoms with van der Waals surface area (Å²) in [4.78, 5) is 4.63. The van der Waals surface area contributed by atoms with Crippen molar-refractivity contribution in [3.05, 3.63) is 35.8 Å². The second-order valence-corrected chi connectivity index (χ2v) is 4.59. The van der Waals surface area contributed by atoms with E-state index >= 15 is 0 Å². The van der Waals surface area contributed by atoms with Gasteiger partial charge in [0.25, 0.3) is 0 Å². The number of imidazole rings is 1. The van der Waals surface area contributed by atoms with Crippen LogP contribution in [0.4, 0.5) is 5.82 Å². The molecule has 0 radical (unpaired) electrons. The zero-order chi connectivity index (χ0) is 12.5. The second-order valence-electron chi connectivity index (χ2n) is 4.06. The van der Waals surface area contributed by atoms with Crippen LogP contribution in [-0.4, -0.2) is 25.3 Å². The van der Waals surface area contributed by atoms with Crippen molar-refractivity contribution in [2.75, 3.05) is 12.4 Å². The van der Waals surface area contributed by atoms with Crippen LogP contribution in [0.1, 0.15) is 11.5 Å². The normalized spacial score (nSPS) is 11.0. The van der Waals surface area contributed by atoms with Gasteiger partial charge in [-0.1, -0.05) is 12.1 Å². The molecule has 0 aliphatic heterocycles.